The molecule has 1 heterocycles. The second-order valence-corrected chi connectivity index (χ2v) is 4.14. The molecule has 88 valence electrons. The van der Waals surface area contributed by atoms with E-state index in [2.05, 4.69) is 4.98 Å². The van der Waals surface area contributed by atoms with E-state index in [0.29, 0.717) is 18.2 Å². The van der Waals surface area contributed by atoms with Crippen molar-refractivity contribution in [1.29, 1.82) is 0 Å². The van der Waals surface area contributed by atoms with E-state index >= 15 is 0 Å². The zero-order valence-electron chi connectivity index (χ0n) is 9.57. The van der Waals surface area contributed by atoms with Gasteiger partial charge in [0, 0.05) is 5.92 Å². The summed E-state index contributed by atoms with van der Waals surface area (Å²) in [7, 11) is 0. The van der Waals surface area contributed by atoms with E-state index in [0.717, 1.165) is 18.7 Å². The molecule has 1 fully saturated rings. The number of hydrogen-bond acceptors (Lipinski definition) is 4. The van der Waals surface area contributed by atoms with Crippen LogP contribution in [0.3, 0.4) is 0 Å². The van der Waals surface area contributed by atoms with E-state index in [-0.39, 0.29) is 12.4 Å². The number of ether oxygens (including phenoxy) is 1. The van der Waals surface area contributed by atoms with Gasteiger partial charge in [-0.05, 0) is 19.8 Å². The van der Waals surface area contributed by atoms with Gasteiger partial charge in [0.15, 0.2) is 5.89 Å². The van der Waals surface area contributed by atoms with E-state index in [1.165, 1.54) is 12.8 Å². The third-order valence-corrected chi connectivity index (χ3v) is 2.90. The van der Waals surface area contributed by atoms with Crippen molar-refractivity contribution in [2.24, 2.45) is 0 Å². The van der Waals surface area contributed by atoms with E-state index in [1.807, 2.05) is 0 Å². The molecule has 1 aliphatic rings. The third kappa shape index (κ3) is 2.62. The fourth-order valence-corrected chi connectivity index (χ4v) is 2.12. The molecule has 1 aromatic heterocycles. The van der Waals surface area contributed by atoms with E-state index in [4.69, 9.17) is 9.15 Å². The maximum Gasteiger partial charge on any atom is 0.311 e. The molecule has 0 spiro atoms. The molecule has 0 atom stereocenters. The van der Waals surface area contributed by atoms with Gasteiger partial charge in [0.25, 0.3) is 0 Å². The van der Waals surface area contributed by atoms with Gasteiger partial charge < -0.3 is 9.15 Å². The van der Waals surface area contributed by atoms with E-state index in [1.54, 1.807) is 13.2 Å². The summed E-state index contributed by atoms with van der Waals surface area (Å²) >= 11 is 0. The lowest BCUT2D eigenvalue weighted by atomic mass is 10.1. The first-order valence-corrected chi connectivity index (χ1v) is 5.89. The number of nitrogens with zero attached hydrogens (tertiary/aromatic N) is 1. The summed E-state index contributed by atoms with van der Waals surface area (Å²) in [6, 6.07) is 0. The Hall–Kier alpha value is -1.32. The standard InChI is InChI=1S/C12H17NO3/c1-2-15-11(14)7-10-8-16-12(13-10)9-5-3-4-6-9/h8-9H,2-7H2,1H3. The average molecular weight is 223 g/mol. The van der Waals surface area contributed by atoms with Gasteiger partial charge in [0.1, 0.15) is 6.26 Å². The first-order valence-electron chi connectivity index (χ1n) is 5.89. The zero-order chi connectivity index (χ0) is 11.4. The molecular weight excluding hydrogens is 206 g/mol. The minimum absolute atomic E-state index is 0.212. The molecule has 0 aromatic carbocycles. The topological polar surface area (TPSA) is 52.3 Å². The van der Waals surface area contributed by atoms with Crippen molar-refractivity contribution in [3.63, 3.8) is 0 Å². The van der Waals surface area contributed by atoms with Crippen LogP contribution < -0.4 is 0 Å². The van der Waals surface area contributed by atoms with Gasteiger partial charge in [-0.3, -0.25) is 4.79 Å². The van der Waals surface area contributed by atoms with Gasteiger partial charge in [-0.15, -0.1) is 0 Å². The smallest absolute Gasteiger partial charge is 0.311 e. The number of rotatable bonds is 4. The molecule has 0 bridgehead atoms. The van der Waals surface area contributed by atoms with Crippen molar-refractivity contribution < 1.29 is 13.9 Å². The number of esters is 1. The molecule has 1 aliphatic carbocycles. The molecule has 16 heavy (non-hydrogen) atoms. The Balaban J connectivity index is 1.93. The van der Waals surface area contributed by atoms with Gasteiger partial charge in [0.05, 0.1) is 18.7 Å². The third-order valence-electron chi connectivity index (χ3n) is 2.90. The van der Waals surface area contributed by atoms with Crippen LogP contribution in [0.1, 0.15) is 50.1 Å². The summed E-state index contributed by atoms with van der Waals surface area (Å²) in [5.41, 5.74) is 0.681. The Labute approximate surface area is 95.0 Å². The Morgan fingerprint density at radius 3 is 3.00 bits per heavy atom. The molecule has 1 aromatic rings. The molecular formula is C12H17NO3. The van der Waals surface area contributed by atoms with Crippen molar-refractivity contribution in [3.8, 4) is 0 Å². The van der Waals surface area contributed by atoms with Crippen molar-refractivity contribution in [3.05, 3.63) is 17.8 Å². The molecule has 0 amide bonds. The summed E-state index contributed by atoms with van der Waals surface area (Å²) < 4.78 is 10.3. The molecule has 0 unspecified atom stereocenters. The van der Waals surface area contributed by atoms with Crippen LogP contribution in [0.5, 0.6) is 0 Å². The summed E-state index contributed by atoms with van der Waals surface area (Å²) in [6.45, 7) is 2.21. The van der Waals surface area contributed by atoms with E-state index < -0.39 is 0 Å². The Morgan fingerprint density at radius 1 is 1.56 bits per heavy atom. The highest BCUT2D eigenvalue weighted by Gasteiger charge is 2.22. The number of carbonyl (C=O) groups excluding carboxylic acids is 1. The highest BCUT2D eigenvalue weighted by atomic mass is 16.5. The van der Waals surface area contributed by atoms with Crippen LogP contribution in [0.15, 0.2) is 10.7 Å². The molecule has 2 rings (SSSR count). The summed E-state index contributed by atoms with van der Waals surface area (Å²) in [4.78, 5) is 15.6. The number of aromatic nitrogens is 1. The second kappa shape index (κ2) is 5.14. The maximum atomic E-state index is 11.2. The molecule has 0 N–H and O–H groups in total. The van der Waals surface area contributed by atoms with Gasteiger partial charge in [-0.2, -0.15) is 0 Å². The molecule has 0 radical (unpaired) electrons. The molecule has 1 saturated carbocycles. The number of carbonyl (C=O) groups is 1. The SMILES string of the molecule is CCOC(=O)Cc1coc(C2CCCC2)n1. The Kier molecular flexibility index (Phi) is 3.59. The summed E-state index contributed by atoms with van der Waals surface area (Å²) in [5.74, 6) is 1.00. The fraction of sp³-hybridized carbons (Fsp3) is 0.667. The van der Waals surface area contributed by atoms with Crippen LogP contribution in [-0.4, -0.2) is 17.6 Å². The first kappa shape index (κ1) is 11.2. The van der Waals surface area contributed by atoms with Gasteiger partial charge in [-0.1, -0.05) is 12.8 Å². The fourth-order valence-electron chi connectivity index (χ4n) is 2.12. The van der Waals surface area contributed by atoms with Crippen LogP contribution in [-0.2, 0) is 16.0 Å². The minimum atomic E-state index is -0.242. The average Bonchev–Trinajstić information content (AvgIpc) is 2.86. The maximum absolute atomic E-state index is 11.2. The summed E-state index contributed by atoms with van der Waals surface area (Å²) in [5, 5.41) is 0. The van der Waals surface area contributed by atoms with Crippen molar-refractivity contribution in [2.45, 2.75) is 44.9 Å². The van der Waals surface area contributed by atoms with Crippen LogP contribution in [0.2, 0.25) is 0 Å². The van der Waals surface area contributed by atoms with Crippen molar-refractivity contribution in [1.82, 2.24) is 4.98 Å². The largest absolute Gasteiger partial charge is 0.466 e. The van der Waals surface area contributed by atoms with Crippen LogP contribution in [0, 0.1) is 0 Å². The normalized spacial score (nSPS) is 16.6. The van der Waals surface area contributed by atoms with Gasteiger partial charge >= 0.3 is 5.97 Å². The van der Waals surface area contributed by atoms with Gasteiger partial charge in [0.2, 0.25) is 0 Å². The van der Waals surface area contributed by atoms with Crippen LogP contribution >= 0.6 is 0 Å². The monoisotopic (exact) mass is 223 g/mol. The number of oxazole rings is 1. The predicted octanol–water partition coefficient (Wildman–Crippen LogP) is 2.44. The van der Waals surface area contributed by atoms with E-state index in [9.17, 15) is 4.79 Å². The predicted molar refractivity (Wildman–Crippen MR) is 58.0 cm³/mol. The highest BCUT2D eigenvalue weighted by Crippen LogP contribution is 2.33. The van der Waals surface area contributed by atoms with Crippen LogP contribution in [0.4, 0.5) is 0 Å². The quantitative estimate of drug-likeness (QED) is 0.736. The molecule has 4 heteroatoms. The number of hydrogen-bond donors (Lipinski definition) is 0. The second-order valence-electron chi connectivity index (χ2n) is 4.14. The molecule has 4 nitrogen and oxygen atoms in total. The van der Waals surface area contributed by atoms with Crippen LogP contribution in [0.25, 0.3) is 0 Å². The molecule has 0 aliphatic heterocycles. The zero-order valence-corrected chi connectivity index (χ0v) is 9.57. The lowest BCUT2D eigenvalue weighted by Crippen LogP contribution is -2.07. The van der Waals surface area contributed by atoms with Crippen molar-refractivity contribution in [2.75, 3.05) is 6.61 Å². The lowest BCUT2D eigenvalue weighted by Gasteiger charge is -2.01. The lowest BCUT2D eigenvalue weighted by molar-refractivity contribution is -0.142. The first-order chi connectivity index (χ1) is 7.79. The Morgan fingerprint density at radius 2 is 2.31 bits per heavy atom. The van der Waals surface area contributed by atoms with Gasteiger partial charge in [-0.25, -0.2) is 4.98 Å². The molecule has 0 saturated heterocycles. The summed E-state index contributed by atoms with van der Waals surface area (Å²) in [6.07, 6.45) is 6.59. The minimum Gasteiger partial charge on any atom is -0.466 e. The Bertz CT molecular complexity index is 353. The van der Waals surface area contributed by atoms with Crippen molar-refractivity contribution >= 4 is 5.97 Å². The highest BCUT2D eigenvalue weighted by molar-refractivity contribution is 5.71.